The van der Waals surface area contributed by atoms with E-state index in [4.69, 9.17) is 21.1 Å². The van der Waals surface area contributed by atoms with Gasteiger partial charge in [0.25, 0.3) is 0 Å². The van der Waals surface area contributed by atoms with Crippen LogP contribution in [0.1, 0.15) is 37.4 Å². The molecule has 0 spiro atoms. The third-order valence-corrected chi connectivity index (χ3v) is 5.92. The Kier molecular flexibility index (Phi) is 6.81. The van der Waals surface area contributed by atoms with Crippen LogP contribution in [0.5, 0.6) is 5.75 Å². The van der Waals surface area contributed by atoms with Crippen LogP contribution >= 0.6 is 27.5 Å². The molecule has 32 heavy (non-hydrogen) atoms. The average Bonchev–Trinajstić information content (AvgIpc) is 3.24. The Balaban J connectivity index is 1.77. The number of benzene rings is 2. The molecule has 1 atom stereocenters. The number of carbonyl (C=O) groups is 1. The van der Waals surface area contributed by atoms with Crippen LogP contribution in [0.4, 0.5) is 5.95 Å². The van der Waals surface area contributed by atoms with Crippen molar-refractivity contribution in [2.45, 2.75) is 32.9 Å². The first-order valence-corrected chi connectivity index (χ1v) is 11.4. The van der Waals surface area contributed by atoms with Crippen molar-refractivity contribution in [2.24, 2.45) is 0 Å². The van der Waals surface area contributed by atoms with Crippen molar-refractivity contribution in [1.82, 2.24) is 14.8 Å². The van der Waals surface area contributed by atoms with Crippen molar-refractivity contribution >= 4 is 39.4 Å². The molecule has 1 N–H and O–H groups in total. The standard InChI is InChI=1S/C23H22BrClN4O3/c1-3-10-31-22(30)20-14(2)28-23-26-13-27-29(23)21(20)17-11-16(24)8-9-19(17)32-12-15-6-4-5-7-18(15)25/h4-9,11,13,21H,3,10,12H2,1-2H3,(H,26,27,28). The number of carbonyl (C=O) groups excluding carboxylic acids is 1. The molecule has 1 aromatic heterocycles. The molecule has 0 saturated carbocycles. The fourth-order valence-electron chi connectivity index (χ4n) is 3.55. The van der Waals surface area contributed by atoms with E-state index in [0.717, 1.165) is 22.0 Å². The Bertz CT molecular complexity index is 1180. The number of aromatic nitrogens is 3. The van der Waals surface area contributed by atoms with Gasteiger partial charge in [0, 0.05) is 26.3 Å². The summed E-state index contributed by atoms with van der Waals surface area (Å²) >= 11 is 9.85. The van der Waals surface area contributed by atoms with Gasteiger partial charge in [0.1, 0.15) is 24.7 Å². The van der Waals surface area contributed by atoms with Gasteiger partial charge in [0.15, 0.2) is 0 Å². The largest absolute Gasteiger partial charge is 0.488 e. The Morgan fingerprint density at radius 1 is 1.28 bits per heavy atom. The molecule has 1 aliphatic rings. The highest BCUT2D eigenvalue weighted by atomic mass is 79.9. The van der Waals surface area contributed by atoms with Crippen LogP contribution in [0.15, 0.2) is 64.5 Å². The minimum Gasteiger partial charge on any atom is -0.488 e. The molecule has 1 aliphatic heterocycles. The maximum atomic E-state index is 13.1. The van der Waals surface area contributed by atoms with E-state index in [9.17, 15) is 4.79 Å². The van der Waals surface area contributed by atoms with Crippen molar-refractivity contribution in [1.29, 1.82) is 0 Å². The summed E-state index contributed by atoms with van der Waals surface area (Å²) in [5, 5.41) is 8.15. The van der Waals surface area contributed by atoms with Crippen LogP contribution in [-0.4, -0.2) is 27.3 Å². The summed E-state index contributed by atoms with van der Waals surface area (Å²) in [6, 6.07) is 12.6. The second kappa shape index (κ2) is 9.75. The number of anilines is 1. The lowest BCUT2D eigenvalue weighted by Crippen LogP contribution is -2.30. The number of nitrogens with one attached hydrogen (secondary N) is 1. The lowest BCUT2D eigenvalue weighted by atomic mass is 9.95. The average molecular weight is 518 g/mol. The molecule has 4 rings (SSSR count). The van der Waals surface area contributed by atoms with E-state index in [1.54, 1.807) is 4.68 Å². The zero-order valence-electron chi connectivity index (χ0n) is 17.6. The van der Waals surface area contributed by atoms with Gasteiger partial charge < -0.3 is 14.8 Å². The first-order valence-electron chi connectivity index (χ1n) is 10.2. The normalized spacial score (nSPS) is 15.2. The molecule has 0 fully saturated rings. The van der Waals surface area contributed by atoms with Gasteiger partial charge in [0.2, 0.25) is 5.95 Å². The zero-order chi connectivity index (χ0) is 22.7. The van der Waals surface area contributed by atoms with Crippen LogP contribution in [0.2, 0.25) is 5.02 Å². The Morgan fingerprint density at radius 3 is 2.88 bits per heavy atom. The van der Waals surface area contributed by atoms with Crippen molar-refractivity contribution in [3.63, 3.8) is 0 Å². The van der Waals surface area contributed by atoms with Crippen LogP contribution in [-0.2, 0) is 16.1 Å². The van der Waals surface area contributed by atoms with E-state index >= 15 is 0 Å². The summed E-state index contributed by atoms with van der Waals surface area (Å²) in [6.45, 7) is 4.40. The zero-order valence-corrected chi connectivity index (χ0v) is 20.0. The summed E-state index contributed by atoms with van der Waals surface area (Å²) in [4.78, 5) is 17.3. The summed E-state index contributed by atoms with van der Waals surface area (Å²) in [7, 11) is 0. The number of nitrogens with zero attached hydrogens (tertiary/aromatic N) is 3. The smallest absolute Gasteiger partial charge is 0.338 e. The number of ether oxygens (including phenoxy) is 2. The molecule has 0 aliphatic carbocycles. The van der Waals surface area contributed by atoms with Crippen molar-refractivity contribution in [3.05, 3.63) is 80.7 Å². The summed E-state index contributed by atoms with van der Waals surface area (Å²) in [5.74, 6) is 0.742. The van der Waals surface area contributed by atoms with Gasteiger partial charge in [-0.2, -0.15) is 10.1 Å². The van der Waals surface area contributed by atoms with Crippen LogP contribution in [0.25, 0.3) is 0 Å². The highest BCUT2D eigenvalue weighted by molar-refractivity contribution is 9.10. The monoisotopic (exact) mass is 516 g/mol. The number of rotatable bonds is 7. The number of halogens is 2. The first kappa shape index (κ1) is 22.4. The molecule has 9 heteroatoms. The molecule has 2 heterocycles. The number of hydrogen-bond donors (Lipinski definition) is 1. The minimum atomic E-state index is -0.572. The van der Waals surface area contributed by atoms with Crippen LogP contribution in [0.3, 0.4) is 0 Å². The lowest BCUT2D eigenvalue weighted by Gasteiger charge is -2.29. The van der Waals surface area contributed by atoms with Gasteiger partial charge in [-0.25, -0.2) is 9.48 Å². The van der Waals surface area contributed by atoms with Crippen LogP contribution < -0.4 is 10.1 Å². The molecule has 0 bridgehead atoms. The number of allylic oxidation sites excluding steroid dienone is 1. The summed E-state index contributed by atoms with van der Waals surface area (Å²) in [6.07, 6.45) is 2.18. The van der Waals surface area contributed by atoms with Gasteiger partial charge in [-0.3, -0.25) is 0 Å². The van der Waals surface area contributed by atoms with Crippen molar-refractivity contribution in [3.8, 4) is 5.75 Å². The molecule has 3 aromatic rings. The van der Waals surface area contributed by atoms with Crippen molar-refractivity contribution in [2.75, 3.05) is 11.9 Å². The second-order valence-corrected chi connectivity index (χ2v) is 8.62. The third-order valence-electron chi connectivity index (χ3n) is 5.06. The molecular weight excluding hydrogens is 496 g/mol. The molecular formula is C23H22BrClN4O3. The Labute approximate surface area is 199 Å². The number of esters is 1. The molecule has 7 nitrogen and oxygen atoms in total. The number of hydrogen-bond acceptors (Lipinski definition) is 6. The van der Waals surface area contributed by atoms with E-state index in [1.807, 2.05) is 56.3 Å². The topological polar surface area (TPSA) is 78.3 Å². The molecule has 0 saturated heterocycles. The van der Waals surface area contributed by atoms with E-state index in [1.165, 1.54) is 6.33 Å². The summed E-state index contributed by atoms with van der Waals surface area (Å²) in [5.41, 5.74) is 2.73. The van der Waals surface area contributed by atoms with E-state index in [-0.39, 0.29) is 6.61 Å². The highest BCUT2D eigenvalue weighted by Crippen LogP contribution is 2.40. The number of fused-ring (bicyclic) bond motifs is 1. The molecule has 1 unspecified atom stereocenters. The fraction of sp³-hybridized carbons (Fsp3) is 0.261. The Morgan fingerprint density at radius 2 is 2.09 bits per heavy atom. The SMILES string of the molecule is CCCOC(=O)C1=C(C)Nc2ncnn2C1c1cc(Br)ccc1OCc1ccccc1Cl. The molecule has 0 radical (unpaired) electrons. The van der Waals surface area contributed by atoms with Gasteiger partial charge in [-0.05, 0) is 37.6 Å². The first-order chi connectivity index (χ1) is 15.5. The van der Waals surface area contributed by atoms with E-state index in [2.05, 4.69) is 31.3 Å². The van der Waals surface area contributed by atoms with Crippen LogP contribution in [0, 0.1) is 0 Å². The molecule has 2 aromatic carbocycles. The van der Waals surface area contributed by atoms with Gasteiger partial charge in [0.05, 0.1) is 12.2 Å². The van der Waals surface area contributed by atoms with Gasteiger partial charge >= 0.3 is 5.97 Å². The molecule has 0 amide bonds. The fourth-order valence-corrected chi connectivity index (χ4v) is 4.12. The predicted molar refractivity (Wildman–Crippen MR) is 126 cm³/mol. The Hall–Kier alpha value is -2.84. The quantitative estimate of drug-likeness (QED) is 0.416. The molecule has 166 valence electrons. The summed E-state index contributed by atoms with van der Waals surface area (Å²) < 4.78 is 14.2. The van der Waals surface area contributed by atoms with E-state index < -0.39 is 12.0 Å². The minimum absolute atomic E-state index is 0.280. The third kappa shape index (κ3) is 4.52. The van der Waals surface area contributed by atoms with Gasteiger partial charge in [-0.15, -0.1) is 0 Å². The predicted octanol–water partition coefficient (Wildman–Crippen LogP) is 5.52. The maximum Gasteiger partial charge on any atom is 0.338 e. The van der Waals surface area contributed by atoms with Gasteiger partial charge in [-0.1, -0.05) is 52.7 Å². The lowest BCUT2D eigenvalue weighted by molar-refractivity contribution is -0.139. The maximum absolute atomic E-state index is 13.1. The highest BCUT2D eigenvalue weighted by Gasteiger charge is 2.36. The van der Waals surface area contributed by atoms with E-state index in [0.29, 0.717) is 34.6 Å². The van der Waals surface area contributed by atoms with Crippen molar-refractivity contribution < 1.29 is 14.3 Å². The second-order valence-electron chi connectivity index (χ2n) is 7.29.